The molecule has 0 fully saturated rings. The number of anilines is 2. The fourth-order valence-electron chi connectivity index (χ4n) is 0.694. The predicted molar refractivity (Wildman–Crippen MR) is 40.0 cm³/mol. The van der Waals surface area contributed by atoms with E-state index in [1.165, 1.54) is 0 Å². The van der Waals surface area contributed by atoms with Crippen molar-refractivity contribution in [3.8, 4) is 0 Å². The van der Waals surface area contributed by atoms with Crippen molar-refractivity contribution in [2.45, 2.75) is 6.92 Å². The number of hydrogen-bond acceptors (Lipinski definition) is 2. The van der Waals surface area contributed by atoms with Gasteiger partial charge in [0.1, 0.15) is 0 Å². The number of hydrogen-bond donors (Lipinski definition) is 2. The monoisotopic (exact) mass is 256 g/mol. The van der Waals surface area contributed by atoms with Crippen LogP contribution in [0.2, 0.25) is 0 Å². The molecule has 0 atom stereocenters. The molecule has 0 amide bonds. The SMILES string of the molecule is Cc1ccc(N)c(N)c1.[Cl-].[Cl-].[Zn+2]. The topological polar surface area (TPSA) is 52.0 Å². The van der Waals surface area contributed by atoms with Gasteiger partial charge in [0.25, 0.3) is 0 Å². The second-order valence-corrected chi connectivity index (χ2v) is 2.13. The van der Waals surface area contributed by atoms with E-state index < -0.39 is 0 Å². The molecule has 0 radical (unpaired) electrons. The Balaban J connectivity index is -0.000000270. The van der Waals surface area contributed by atoms with Gasteiger partial charge >= 0.3 is 19.5 Å². The van der Waals surface area contributed by atoms with Gasteiger partial charge in [-0.05, 0) is 24.6 Å². The molecule has 0 aliphatic rings. The van der Waals surface area contributed by atoms with Gasteiger partial charge in [-0.15, -0.1) is 0 Å². The van der Waals surface area contributed by atoms with Crippen molar-refractivity contribution in [3.63, 3.8) is 0 Å². The van der Waals surface area contributed by atoms with Crippen molar-refractivity contribution in [1.82, 2.24) is 0 Å². The van der Waals surface area contributed by atoms with Gasteiger partial charge in [-0.2, -0.15) is 0 Å². The molecule has 0 saturated heterocycles. The normalized spacial score (nSPS) is 7.08. The summed E-state index contributed by atoms with van der Waals surface area (Å²) in [7, 11) is 0. The van der Waals surface area contributed by atoms with Gasteiger partial charge in [-0.3, -0.25) is 0 Å². The first kappa shape index (κ1) is 17.9. The summed E-state index contributed by atoms with van der Waals surface area (Å²) < 4.78 is 0. The molecule has 64 valence electrons. The minimum absolute atomic E-state index is 0. The Bertz CT molecular complexity index is 231. The zero-order valence-electron chi connectivity index (χ0n) is 6.85. The first-order chi connectivity index (χ1) is 4.20. The third-order valence-corrected chi connectivity index (χ3v) is 1.24. The van der Waals surface area contributed by atoms with Crippen LogP contribution >= 0.6 is 0 Å². The van der Waals surface area contributed by atoms with E-state index >= 15 is 0 Å². The Labute approximate surface area is 97.7 Å². The Morgan fingerprint density at radius 2 is 1.50 bits per heavy atom. The standard InChI is InChI=1S/C7H10N2.2ClH.Zn/c1-5-2-3-6(8)7(9)4-5;;;/h2-4H,8-9H2,1H3;2*1H;/q;;;+2/p-2. The Hall–Kier alpha value is 0.0234. The van der Waals surface area contributed by atoms with Crippen LogP contribution in [0.15, 0.2) is 18.2 Å². The van der Waals surface area contributed by atoms with Crippen LogP contribution in [0.1, 0.15) is 5.56 Å². The molecular weight excluding hydrogens is 248 g/mol. The van der Waals surface area contributed by atoms with Crippen LogP contribution in [0, 0.1) is 6.92 Å². The smallest absolute Gasteiger partial charge is 1.00 e. The molecular formula is C7H10Cl2N2Zn. The zero-order valence-corrected chi connectivity index (χ0v) is 11.3. The fourth-order valence-corrected chi connectivity index (χ4v) is 0.694. The predicted octanol–water partition coefficient (Wildman–Crippen LogP) is -4.84. The zero-order chi connectivity index (χ0) is 6.85. The minimum atomic E-state index is 0. The Kier molecular flexibility index (Phi) is 11.5. The molecule has 4 N–H and O–H groups in total. The van der Waals surface area contributed by atoms with Crippen LogP contribution in [-0.2, 0) is 19.5 Å². The van der Waals surface area contributed by atoms with Gasteiger partial charge in [0.2, 0.25) is 0 Å². The van der Waals surface area contributed by atoms with Crippen LogP contribution < -0.4 is 36.3 Å². The quantitative estimate of drug-likeness (QED) is 0.362. The second-order valence-electron chi connectivity index (χ2n) is 2.13. The largest absolute Gasteiger partial charge is 2.00 e. The van der Waals surface area contributed by atoms with Gasteiger partial charge in [0, 0.05) is 0 Å². The van der Waals surface area contributed by atoms with E-state index in [-0.39, 0.29) is 44.3 Å². The van der Waals surface area contributed by atoms with Crippen molar-refractivity contribution in [2.75, 3.05) is 11.5 Å². The molecule has 0 saturated carbocycles. The molecule has 0 aliphatic carbocycles. The number of nitrogen functional groups attached to an aromatic ring is 2. The number of nitrogens with two attached hydrogens (primary N) is 2. The Morgan fingerprint density at radius 1 is 1.00 bits per heavy atom. The summed E-state index contributed by atoms with van der Waals surface area (Å²) in [4.78, 5) is 0. The molecule has 5 heteroatoms. The summed E-state index contributed by atoms with van der Waals surface area (Å²) in [6.45, 7) is 1.98. The first-order valence-electron chi connectivity index (χ1n) is 2.82. The van der Waals surface area contributed by atoms with Crippen molar-refractivity contribution in [2.24, 2.45) is 0 Å². The molecule has 1 rings (SSSR count). The van der Waals surface area contributed by atoms with Crippen LogP contribution in [0.4, 0.5) is 11.4 Å². The number of halogens is 2. The summed E-state index contributed by atoms with van der Waals surface area (Å²) in [5, 5.41) is 0. The van der Waals surface area contributed by atoms with Crippen LogP contribution in [0.3, 0.4) is 0 Å². The summed E-state index contributed by atoms with van der Waals surface area (Å²) in [5.74, 6) is 0. The van der Waals surface area contributed by atoms with E-state index in [0.29, 0.717) is 11.4 Å². The van der Waals surface area contributed by atoms with Crippen LogP contribution in [0.25, 0.3) is 0 Å². The molecule has 2 nitrogen and oxygen atoms in total. The fraction of sp³-hybridized carbons (Fsp3) is 0.143. The molecule has 0 spiro atoms. The van der Waals surface area contributed by atoms with Gasteiger partial charge in [0.15, 0.2) is 0 Å². The average molecular weight is 258 g/mol. The van der Waals surface area contributed by atoms with Crippen molar-refractivity contribution < 1.29 is 44.3 Å². The summed E-state index contributed by atoms with van der Waals surface area (Å²) in [5.41, 5.74) is 13.4. The van der Waals surface area contributed by atoms with Gasteiger partial charge < -0.3 is 36.3 Å². The minimum Gasteiger partial charge on any atom is -1.00 e. The maximum atomic E-state index is 5.50. The van der Waals surface area contributed by atoms with Gasteiger partial charge in [-0.1, -0.05) is 6.07 Å². The maximum Gasteiger partial charge on any atom is 2.00 e. The summed E-state index contributed by atoms with van der Waals surface area (Å²) >= 11 is 0. The second kappa shape index (κ2) is 7.66. The molecule has 12 heavy (non-hydrogen) atoms. The number of aryl methyl sites for hydroxylation is 1. The third kappa shape index (κ3) is 4.81. The van der Waals surface area contributed by atoms with E-state index in [2.05, 4.69) is 0 Å². The van der Waals surface area contributed by atoms with Crippen molar-refractivity contribution >= 4 is 11.4 Å². The molecule has 1 aromatic rings. The van der Waals surface area contributed by atoms with Gasteiger partial charge in [0.05, 0.1) is 11.4 Å². The maximum absolute atomic E-state index is 5.50. The molecule has 0 heterocycles. The summed E-state index contributed by atoms with van der Waals surface area (Å²) in [6, 6.07) is 5.60. The van der Waals surface area contributed by atoms with Crippen LogP contribution in [0.5, 0.6) is 0 Å². The van der Waals surface area contributed by atoms with E-state index in [1.807, 2.05) is 25.1 Å². The van der Waals surface area contributed by atoms with Crippen molar-refractivity contribution in [1.29, 1.82) is 0 Å². The van der Waals surface area contributed by atoms with Gasteiger partial charge in [-0.25, -0.2) is 0 Å². The van der Waals surface area contributed by atoms with E-state index in [1.54, 1.807) is 0 Å². The Morgan fingerprint density at radius 3 is 1.83 bits per heavy atom. The first-order valence-corrected chi connectivity index (χ1v) is 2.82. The number of benzene rings is 1. The van der Waals surface area contributed by atoms with Crippen molar-refractivity contribution in [3.05, 3.63) is 23.8 Å². The molecule has 0 aliphatic heterocycles. The van der Waals surface area contributed by atoms with E-state index in [4.69, 9.17) is 11.5 Å². The van der Waals surface area contributed by atoms with E-state index in [0.717, 1.165) is 5.56 Å². The molecule has 0 bridgehead atoms. The average Bonchev–Trinajstić information content (AvgIpc) is 1.80. The van der Waals surface area contributed by atoms with Crippen LogP contribution in [-0.4, -0.2) is 0 Å². The van der Waals surface area contributed by atoms with E-state index in [9.17, 15) is 0 Å². The molecule has 0 unspecified atom stereocenters. The molecule has 1 aromatic carbocycles. The third-order valence-electron chi connectivity index (χ3n) is 1.24. The molecule has 0 aromatic heterocycles. The summed E-state index contributed by atoms with van der Waals surface area (Å²) in [6.07, 6.45) is 0. The number of rotatable bonds is 0.